The van der Waals surface area contributed by atoms with Gasteiger partial charge in [0.05, 0.1) is 13.2 Å². The van der Waals surface area contributed by atoms with Crippen molar-refractivity contribution in [1.29, 1.82) is 0 Å². The van der Waals surface area contributed by atoms with Gasteiger partial charge in [-0.1, -0.05) is 55.8 Å². The second-order valence-corrected chi connectivity index (χ2v) is 6.82. The van der Waals surface area contributed by atoms with Crippen molar-refractivity contribution < 1.29 is 24.9 Å². The maximum absolute atomic E-state index is 11.0. The minimum absolute atomic E-state index is 0.00903. The molecule has 0 aliphatic rings. The molecule has 0 aliphatic heterocycles. The molecule has 0 atom stereocenters. The van der Waals surface area contributed by atoms with Gasteiger partial charge < -0.3 is 20.1 Å². The second kappa shape index (κ2) is 13.4. The lowest BCUT2D eigenvalue weighted by Gasteiger charge is -2.20. The van der Waals surface area contributed by atoms with Crippen LogP contribution in [0.5, 0.6) is 11.5 Å². The standard InChI is InChI=1S/C10H18O3.2C6H6O/c1-8(2)5-9(12)13-7-10(3,4)6-11;2*7-6-4-2-1-3-5-6/h5,11H,6-7H2,1-4H3;2*1-5,7H. The summed E-state index contributed by atoms with van der Waals surface area (Å²) in [5, 5.41) is 26.1. The highest BCUT2D eigenvalue weighted by molar-refractivity contribution is 5.82. The zero-order valence-electron chi connectivity index (χ0n) is 16.4. The molecular weight excluding hydrogens is 344 g/mol. The van der Waals surface area contributed by atoms with Crippen LogP contribution < -0.4 is 0 Å². The number of rotatable bonds is 4. The number of phenolic OH excluding ortho intramolecular Hbond substituents is 2. The molecule has 3 N–H and O–H groups in total. The normalized spacial score (nSPS) is 9.67. The van der Waals surface area contributed by atoms with Crippen molar-refractivity contribution in [3.63, 3.8) is 0 Å². The van der Waals surface area contributed by atoms with Crippen LogP contribution in [0.25, 0.3) is 0 Å². The molecule has 0 radical (unpaired) electrons. The number of carbonyl (C=O) groups excluding carboxylic acids is 1. The Morgan fingerprint density at radius 2 is 1.33 bits per heavy atom. The first kappa shape index (κ1) is 24.2. The predicted molar refractivity (Wildman–Crippen MR) is 107 cm³/mol. The maximum atomic E-state index is 11.0. The summed E-state index contributed by atoms with van der Waals surface area (Å²) >= 11 is 0. The SMILES string of the molecule is CC(C)=CC(=O)OCC(C)(C)CO.Oc1ccccc1.Oc1ccccc1. The number of allylic oxidation sites excluding steroid dienone is 1. The van der Waals surface area contributed by atoms with Gasteiger partial charge >= 0.3 is 5.97 Å². The Hall–Kier alpha value is -2.79. The van der Waals surface area contributed by atoms with Crippen LogP contribution in [0.1, 0.15) is 27.7 Å². The fourth-order valence-corrected chi connectivity index (χ4v) is 1.45. The number of hydrogen-bond donors (Lipinski definition) is 3. The summed E-state index contributed by atoms with van der Waals surface area (Å²) in [6.45, 7) is 7.59. The van der Waals surface area contributed by atoms with E-state index in [9.17, 15) is 4.79 Å². The Balaban J connectivity index is 0.000000405. The molecule has 148 valence electrons. The van der Waals surface area contributed by atoms with Crippen molar-refractivity contribution in [2.45, 2.75) is 27.7 Å². The topological polar surface area (TPSA) is 87.0 Å². The minimum atomic E-state index is -0.356. The Kier molecular flexibility index (Phi) is 12.0. The molecular formula is C22H30O5. The van der Waals surface area contributed by atoms with Gasteiger partial charge in [0.25, 0.3) is 0 Å². The van der Waals surface area contributed by atoms with Gasteiger partial charge in [0.15, 0.2) is 0 Å². The van der Waals surface area contributed by atoms with Crippen molar-refractivity contribution in [2.24, 2.45) is 5.41 Å². The fourth-order valence-electron chi connectivity index (χ4n) is 1.45. The first-order valence-corrected chi connectivity index (χ1v) is 8.57. The zero-order chi connectivity index (χ0) is 20.7. The van der Waals surface area contributed by atoms with E-state index in [1.165, 1.54) is 6.08 Å². The van der Waals surface area contributed by atoms with E-state index in [4.69, 9.17) is 20.1 Å². The molecule has 0 spiro atoms. The number of ether oxygens (including phenoxy) is 1. The van der Waals surface area contributed by atoms with Crippen molar-refractivity contribution >= 4 is 5.97 Å². The molecule has 0 aliphatic carbocycles. The third-order valence-electron chi connectivity index (χ3n) is 2.95. The molecule has 0 bridgehead atoms. The average Bonchev–Trinajstić information content (AvgIpc) is 2.62. The van der Waals surface area contributed by atoms with Crippen LogP contribution in [0.4, 0.5) is 0 Å². The van der Waals surface area contributed by atoms with Gasteiger partial charge in [0.1, 0.15) is 11.5 Å². The zero-order valence-corrected chi connectivity index (χ0v) is 16.4. The molecule has 0 aromatic heterocycles. The highest BCUT2D eigenvalue weighted by Crippen LogP contribution is 2.13. The highest BCUT2D eigenvalue weighted by atomic mass is 16.5. The Morgan fingerprint density at radius 1 is 0.926 bits per heavy atom. The van der Waals surface area contributed by atoms with Crippen LogP contribution in [0.3, 0.4) is 0 Å². The number of esters is 1. The van der Waals surface area contributed by atoms with Crippen LogP contribution >= 0.6 is 0 Å². The number of hydrogen-bond acceptors (Lipinski definition) is 5. The monoisotopic (exact) mass is 374 g/mol. The number of carbonyl (C=O) groups is 1. The maximum Gasteiger partial charge on any atom is 0.330 e. The number of phenols is 2. The lowest BCUT2D eigenvalue weighted by molar-refractivity contribution is -0.141. The van der Waals surface area contributed by atoms with E-state index in [0.29, 0.717) is 11.5 Å². The van der Waals surface area contributed by atoms with Gasteiger partial charge in [0, 0.05) is 11.5 Å². The molecule has 0 amide bonds. The predicted octanol–water partition coefficient (Wildman–Crippen LogP) is 4.30. The van der Waals surface area contributed by atoms with E-state index in [1.807, 2.05) is 39.8 Å². The molecule has 27 heavy (non-hydrogen) atoms. The van der Waals surface area contributed by atoms with E-state index in [2.05, 4.69) is 0 Å². The van der Waals surface area contributed by atoms with Gasteiger partial charge in [-0.05, 0) is 38.1 Å². The van der Waals surface area contributed by atoms with E-state index >= 15 is 0 Å². The van der Waals surface area contributed by atoms with Crippen molar-refractivity contribution in [1.82, 2.24) is 0 Å². The Labute approximate surface area is 161 Å². The smallest absolute Gasteiger partial charge is 0.330 e. The summed E-state index contributed by atoms with van der Waals surface area (Å²) in [5.74, 6) is 0.298. The van der Waals surface area contributed by atoms with Crippen LogP contribution in [-0.4, -0.2) is 34.5 Å². The van der Waals surface area contributed by atoms with E-state index in [1.54, 1.807) is 48.5 Å². The molecule has 2 aromatic carbocycles. The molecule has 2 rings (SSSR count). The minimum Gasteiger partial charge on any atom is -0.508 e. The van der Waals surface area contributed by atoms with Gasteiger partial charge in [-0.25, -0.2) is 4.79 Å². The second-order valence-electron chi connectivity index (χ2n) is 6.82. The number of aliphatic hydroxyl groups is 1. The van der Waals surface area contributed by atoms with Gasteiger partial charge in [-0.2, -0.15) is 0 Å². The van der Waals surface area contributed by atoms with Crippen LogP contribution in [0, 0.1) is 5.41 Å². The molecule has 0 unspecified atom stereocenters. The van der Waals surface area contributed by atoms with Crippen molar-refractivity contribution in [2.75, 3.05) is 13.2 Å². The number of benzene rings is 2. The third-order valence-corrected chi connectivity index (χ3v) is 2.95. The number of para-hydroxylation sites is 2. The van der Waals surface area contributed by atoms with Gasteiger partial charge in [-0.15, -0.1) is 0 Å². The third kappa shape index (κ3) is 15.2. The quantitative estimate of drug-likeness (QED) is 0.549. The summed E-state index contributed by atoms with van der Waals surface area (Å²) < 4.78 is 4.93. The average molecular weight is 374 g/mol. The van der Waals surface area contributed by atoms with Gasteiger partial charge in [0.2, 0.25) is 0 Å². The summed E-state index contributed by atoms with van der Waals surface area (Å²) in [5.41, 5.74) is 0.553. The van der Waals surface area contributed by atoms with Crippen molar-refractivity contribution in [3.05, 3.63) is 72.3 Å². The summed E-state index contributed by atoms with van der Waals surface area (Å²) in [6, 6.07) is 17.4. The van der Waals surface area contributed by atoms with Crippen LogP contribution in [-0.2, 0) is 9.53 Å². The number of aromatic hydroxyl groups is 2. The van der Waals surface area contributed by atoms with E-state index in [-0.39, 0.29) is 24.6 Å². The molecule has 0 heterocycles. The lowest BCUT2D eigenvalue weighted by Crippen LogP contribution is -2.25. The lowest BCUT2D eigenvalue weighted by atomic mass is 9.97. The number of aliphatic hydroxyl groups excluding tert-OH is 1. The van der Waals surface area contributed by atoms with E-state index < -0.39 is 0 Å². The molecule has 2 aromatic rings. The fraction of sp³-hybridized carbons (Fsp3) is 0.318. The highest BCUT2D eigenvalue weighted by Gasteiger charge is 2.18. The first-order chi connectivity index (χ1) is 12.7. The summed E-state index contributed by atoms with van der Waals surface area (Å²) in [4.78, 5) is 11.0. The molecule has 5 heteroatoms. The van der Waals surface area contributed by atoms with E-state index in [0.717, 1.165) is 5.57 Å². The van der Waals surface area contributed by atoms with Gasteiger partial charge in [-0.3, -0.25) is 0 Å². The molecule has 0 saturated carbocycles. The summed E-state index contributed by atoms with van der Waals surface area (Å²) in [6.07, 6.45) is 1.44. The van der Waals surface area contributed by atoms with Crippen LogP contribution in [0.2, 0.25) is 0 Å². The summed E-state index contributed by atoms with van der Waals surface area (Å²) in [7, 11) is 0. The Bertz CT molecular complexity index is 622. The molecule has 0 saturated heterocycles. The van der Waals surface area contributed by atoms with Crippen LogP contribution in [0.15, 0.2) is 72.3 Å². The first-order valence-electron chi connectivity index (χ1n) is 8.57. The molecule has 0 fully saturated rings. The largest absolute Gasteiger partial charge is 0.508 e. The van der Waals surface area contributed by atoms with Crippen molar-refractivity contribution in [3.8, 4) is 11.5 Å². The molecule has 5 nitrogen and oxygen atoms in total. The Morgan fingerprint density at radius 3 is 1.59 bits per heavy atom.